The van der Waals surface area contributed by atoms with Gasteiger partial charge in [0.1, 0.15) is 73.2 Å². The molecular weight excluding hydrogens is 456 g/mol. The molecule has 2 bridgehead atoms. The summed E-state index contributed by atoms with van der Waals surface area (Å²) in [5.74, 6) is 0. The third-order valence-corrected chi connectivity index (χ3v) is 6.32. The van der Waals surface area contributed by atoms with Crippen molar-refractivity contribution in [2.75, 3.05) is 19.8 Å². The molecule has 4 heterocycles. The molecule has 0 amide bonds. The van der Waals surface area contributed by atoms with Gasteiger partial charge in [-0.1, -0.05) is 0 Å². The fourth-order valence-electron chi connectivity index (χ4n) is 4.36. The molecule has 33 heavy (non-hydrogen) atoms. The van der Waals surface area contributed by atoms with Gasteiger partial charge in [0.15, 0.2) is 18.9 Å². The van der Waals surface area contributed by atoms with Gasteiger partial charge in [-0.05, 0) is 0 Å². The average Bonchev–Trinajstić information content (AvgIpc) is 3.26. The first-order valence-corrected chi connectivity index (χ1v) is 10.5. The summed E-state index contributed by atoms with van der Waals surface area (Å²) < 4.78 is 32.4. The lowest BCUT2D eigenvalue weighted by Crippen LogP contribution is -2.66. The van der Waals surface area contributed by atoms with Gasteiger partial charge in [0.25, 0.3) is 0 Å². The van der Waals surface area contributed by atoms with Crippen LogP contribution in [0.5, 0.6) is 0 Å². The van der Waals surface area contributed by atoms with Gasteiger partial charge in [-0.25, -0.2) is 0 Å². The summed E-state index contributed by atoms with van der Waals surface area (Å²) in [6.45, 7) is -1.45. The Labute approximate surface area is 187 Å². The standard InChI is InChI=1S/C18H30O15/c19-1-4-7(21)8(22)11(25)17(29-4)32-14-5(2-20)30-18(13(27)10(14)24)33-15-6-3-28-16(31-6)12(26)9(15)23/h4-27H,1-3H2/t4-,5-,6-,7-,8+,9-,10-,11-,12-,13-,14-,15?,16-,17-,18+/m1/s1. The first-order valence-electron chi connectivity index (χ1n) is 10.5. The van der Waals surface area contributed by atoms with Crippen LogP contribution in [0.4, 0.5) is 0 Å². The molecule has 0 radical (unpaired) electrons. The van der Waals surface area contributed by atoms with E-state index in [2.05, 4.69) is 0 Å². The molecule has 0 saturated carbocycles. The van der Waals surface area contributed by atoms with Crippen LogP contribution in [0.3, 0.4) is 0 Å². The van der Waals surface area contributed by atoms with Crippen molar-refractivity contribution in [2.45, 2.75) is 92.1 Å². The summed E-state index contributed by atoms with van der Waals surface area (Å²) in [4.78, 5) is 0. The number of hydrogen-bond donors (Lipinski definition) is 9. The van der Waals surface area contributed by atoms with Gasteiger partial charge >= 0.3 is 0 Å². The summed E-state index contributed by atoms with van der Waals surface area (Å²) >= 11 is 0. The lowest BCUT2D eigenvalue weighted by atomic mass is 9.96. The van der Waals surface area contributed by atoms with Crippen molar-refractivity contribution in [1.82, 2.24) is 0 Å². The second-order valence-corrected chi connectivity index (χ2v) is 8.46. The Morgan fingerprint density at radius 3 is 1.76 bits per heavy atom. The zero-order chi connectivity index (χ0) is 24.0. The molecule has 0 spiro atoms. The molecule has 4 fully saturated rings. The molecule has 1 unspecified atom stereocenters. The van der Waals surface area contributed by atoms with Gasteiger partial charge in [-0.15, -0.1) is 0 Å². The maximum absolute atomic E-state index is 10.6. The summed E-state index contributed by atoms with van der Waals surface area (Å²) in [6.07, 6.45) is -21.9. The van der Waals surface area contributed by atoms with Crippen LogP contribution in [-0.2, 0) is 28.4 Å². The second-order valence-electron chi connectivity index (χ2n) is 8.46. The second kappa shape index (κ2) is 10.2. The third kappa shape index (κ3) is 4.65. The maximum atomic E-state index is 10.6. The van der Waals surface area contributed by atoms with Crippen molar-refractivity contribution in [2.24, 2.45) is 0 Å². The predicted molar refractivity (Wildman–Crippen MR) is 97.9 cm³/mol. The SMILES string of the molecule is OC[C@H]1O[C@H](O[C@H]2[C@H](O)[C@@H](O)[C@H](OC3[C@H]4CO[C@H](O4)[C@H](O)[C@H]3O)O[C@@H]2CO)[C@H](O)[C@@H](O)[C@@H]1O. The van der Waals surface area contributed by atoms with E-state index in [-0.39, 0.29) is 6.61 Å². The highest BCUT2D eigenvalue weighted by Crippen LogP contribution is 2.34. The van der Waals surface area contributed by atoms with Crippen LogP contribution in [0.2, 0.25) is 0 Å². The van der Waals surface area contributed by atoms with Crippen LogP contribution in [0.1, 0.15) is 0 Å². The first kappa shape index (κ1) is 25.5. The molecule has 4 aliphatic heterocycles. The molecule has 0 aliphatic carbocycles. The summed E-state index contributed by atoms with van der Waals surface area (Å²) in [5.41, 5.74) is 0. The van der Waals surface area contributed by atoms with Gasteiger partial charge < -0.3 is 74.4 Å². The van der Waals surface area contributed by atoms with E-state index in [1.807, 2.05) is 0 Å². The fraction of sp³-hybridized carbons (Fsp3) is 1.00. The van der Waals surface area contributed by atoms with Gasteiger partial charge in [-0.3, -0.25) is 0 Å². The number of aliphatic hydroxyl groups excluding tert-OH is 9. The molecule has 0 aromatic rings. The topological polar surface area (TPSA) is 237 Å². The zero-order valence-electron chi connectivity index (χ0n) is 17.3. The van der Waals surface area contributed by atoms with Crippen LogP contribution in [0.15, 0.2) is 0 Å². The highest BCUT2D eigenvalue weighted by Gasteiger charge is 2.55. The zero-order valence-corrected chi connectivity index (χ0v) is 17.3. The number of aliphatic hydroxyl groups is 9. The Bertz CT molecular complexity index is 650. The quantitative estimate of drug-likeness (QED) is 0.170. The van der Waals surface area contributed by atoms with E-state index in [0.29, 0.717) is 0 Å². The predicted octanol–water partition coefficient (Wildman–Crippen LogP) is -6.53. The van der Waals surface area contributed by atoms with E-state index >= 15 is 0 Å². The summed E-state index contributed by atoms with van der Waals surface area (Å²) in [7, 11) is 0. The third-order valence-electron chi connectivity index (χ3n) is 6.32. The van der Waals surface area contributed by atoms with Crippen molar-refractivity contribution in [3.63, 3.8) is 0 Å². The molecule has 15 nitrogen and oxygen atoms in total. The number of hydrogen-bond acceptors (Lipinski definition) is 15. The minimum Gasteiger partial charge on any atom is -0.394 e. The van der Waals surface area contributed by atoms with Crippen molar-refractivity contribution in [3.8, 4) is 0 Å². The van der Waals surface area contributed by atoms with Crippen molar-refractivity contribution < 1.29 is 74.4 Å². The van der Waals surface area contributed by atoms with Gasteiger partial charge in [0.05, 0.1) is 19.8 Å². The fourth-order valence-corrected chi connectivity index (χ4v) is 4.36. The van der Waals surface area contributed by atoms with Crippen LogP contribution >= 0.6 is 0 Å². The van der Waals surface area contributed by atoms with E-state index in [1.54, 1.807) is 0 Å². The molecule has 192 valence electrons. The summed E-state index contributed by atoms with van der Waals surface area (Å²) in [5, 5.41) is 90.5. The molecule has 4 rings (SSSR count). The average molecular weight is 486 g/mol. The molecule has 15 atom stereocenters. The van der Waals surface area contributed by atoms with Gasteiger partial charge in [0.2, 0.25) is 0 Å². The number of fused-ring (bicyclic) bond motifs is 2. The first-order chi connectivity index (χ1) is 15.7. The van der Waals surface area contributed by atoms with E-state index in [4.69, 9.17) is 28.4 Å². The maximum Gasteiger partial charge on any atom is 0.187 e. The van der Waals surface area contributed by atoms with E-state index in [0.717, 1.165) is 0 Å². The van der Waals surface area contributed by atoms with Crippen LogP contribution in [0, 0.1) is 0 Å². The molecule has 0 aromatic carbocycles. The van der Waals surface area contributed by atoms with Crippen molar-refractivity contribution in [3.05, 3.63) is 0 Å². The normalized spacial score (nSPS) is 55.0. The Kier molecular flexibility index (Phi) is 7.86. The molecule has 9 N–H and O–H groups in total. The smallest absolute Gasteiger partial charge is 0.187 e. The Morgan fingerprint density at radius 1 is 0.576 bits per heavy atom. The van der Waals surface area contributed by atoms with E-state index < -0.39 is 105 Å². The largest absolute Gasteiger partial charge is 0.394 e. The lowest BCUT2D eigenvalue weighted by molar-refractivity contribution is -0.371. The lowest BCUT2D eigenvalue weighted by Gasteiger charge is -2.47. The molecular formula is C18H30O15. The number of rotatable bonds is 6. The van der Waals surface area contributed by atoms with Crippen LogP contribution in [-0.4, -0.2) is 158 Å². The van der Waals surface area contributed by atoms with Crippen LogP contribution < -0.4 is 0 Å². The Morgan fingerprint density at radius 2 is 1.12 bits per heavy atom. The van der Waals surface area contributed by atoms with E-state index in [1.165, 1.54) is 0 Å². The monoisotopic (exact) mass is 486 g/mol. The highest BCUT2D eigenvalue weighted by atomic mass is 16.8. The molecule has 4 aliphatic rings. The minimum atomic E-state index is -1.79. The summed E-state index contributed by atoms with van der Waals surface area (Å²) in [6, 6.07) is 0. The minimum absolute atomic E-state index is 0.00109. The molecule has 15 heteroatoms. The highest BCUT2D eigenvalue weighted by molar-refractivity contribution is 4.97. The van der Waals surface area contributed by atoms with Crippen LogP contribution in [0.25, 0.3) is 0 Å². The Hall–Kier alpha value is -0.600. The molecule has 4 saturated heterocycles. The number of ether oxygens (including phenoxy) is 6. The Balaban J connectivity index is 1.44. The van der Waals surface area contributed by atoms with Crippen molar-refractivity contribution >= 4 is 0 Å². The van der Waals surface area contributed by atoms with Gasteiger partial charge in [-0.2, -0.15) is 0 Å². The van der Waals surface area contributed by atoms with Gasteiger partial charge in [0, 0.05) is 0 Å². The molecule has 0 aromatic heterocycles. The van der Waals surface area contributed by atoms with E-state index in [9.17, 15) is 46.0 Å². The van der Waals surface area contributed by atoms with Crippen molar-refractivity contribution in [1.29, 1.82) is 0 Å².